The Morgan fingerprint density at radius 3 is 2.61 bits per heavy atom. The summed E-state index contributed by atoms with van der Waals surface area (Å²) >= 11 is 6.04. The predicted molar refractivity (Wildman–Crippen MR) is 94.6 cm³/mol. The number of nitro benzene ring substituents is 1. The number of hydrogen-bond donors (Lipinski definition) is 1. The van der Waals surface area contributed by atoms with Crippen LogP contribution in [0.3, 0.4) is 0 Å². The number of alkyl halides is 3. The first-order valence-electron chi connectivity index (χ1n) is 7.54. The Kier molecular flexibility index (Phi) is 5.06. The molecule has 0 amide bonds. The largest absolute Gasteiger partial charge is 0.457 e. The molecule has 144 valence electrons. The summed E-state index contributed by atoms with van der Waals surface area (Å²) in [6.45, 7) is 0. The molecule has 0 fully saturated rings. The smallest absolute Gasteiger partial charge is 0.431 e. The van der Waals surface area contributed by atoms with Crippen LogP contribution in [-0.2, 0) is 6.18 Å². The van der Waals surface area contributed by atoms with Gasteiger partial charge in [-0.25, -0.2) is 4.79 Å². The topological polar surface area (TPSA) is 102 Å². The van der Waals surface area contributed by atoms with Gasteiger partial charge < -0.3 is 9.40 Å². The van der Waals surface area contributed by atoms with Gasteiger partial charge in [-0.05, 0) is 36.4 Å². The Labute approximate surface area is 159 Å². The van der Waals surface area contributed by atoms with Crippen LogP contribution in [0.25, 0.3) is 23.5 Å². The zero-order valence-electron chi connectivity index (χ0n) is 13.7. The van der Waals surface area contributed by atoms with Crippen molar-refractivity contribution in [1.82, 2.24) is 9.97 Å². The minimum absolute atomic E-state index is 0.180. The number of nitro groups is 1. The van der Waals surface area contributed by atoms with Gasteiger partial charge in [-0.1, -0.05) is 11.6 Å². The van der Waals surface area contributed by atoms with Crippen LogP contribution in [0.15, 0.2) is 45.6 Å². The molecule has 0 spiro atoms. The second-order valence-electron chi connectivity index (χ2n) is 5.48. The number of benzene rings is 1. The maximum atomic E-state index is 12.7. The maximum Gasteiger partial charge on any atom is 0.431 e. The van der Waals surface area contributed by atoms with Crippen LogP contribution in [0.1, 0.15) is 17.1 Å². The van der Waals surface area contributed by atoms with E-state index in [1.54, 1.807) is 4.98 Å². The molecule has 7 nitrogen and oxygen atoms in total. The molecule has 0 bridgehead atoms. The van der Waals surface area contributed by atoms with E-state index < -0.39 is 22.5 Å². The number of non-ortho nitro benzene ring substituents is 1. The van der Waals surface area contributed by atoms with Gasteiger partial charge in [0.25, 0.3) is 5.69 Å². The van der Waals surface area contributed by atoms with Crippen LogP contribution in [0, 0.1) is 10.1 Å². The van der Waals surface area contributed by atoms with Crippen LogP contribution in [0.2, 0.25) is 5.02 Å². The van der Waals surface area contributed by atoms with Crippen LogP contribution < -0.4 is 5.69 Å². The second-order valence-corrected chi connectivity index (χ2v) is 5.89. The quantitative estimate of drug-likeness (QED) is 0.491. The first kappa shape index (κ1) is 19.4. The Bertz CT molecular complexity index is 1140. The van der Waals surface area contributed by atoms with E-state index in [-0.39, 0.29) is 33.5 Å². The summed E-state index contributed by atoms with van der Waals surface area (Å²) in [4.78, 5) is 26.6. The highest BCUT2D eigenvalue weighted by Crippen LogP contribution is 2.33. The Balaban J connectivity index is 1.90. The Hall–Kier alpha value is -3.40. The molecular formula is C17H9ClF3N3O4. The number of nitrogens with zero attached hydrogens (tertiary/aromatic N) is 2. The molecule has 2 heterocycles. The highest BCUT2D eigenvalue weighted by atomic mass is 35.5. The van der Waals surface area contributed by atoms with E-state index in [0.29, 0.717) is 6.07 Å². The molecular weight excluding hydrogens is 403 g/mol. The van der Waals surface area contributed by atoms with E-state index >= 15 is 0 Å². The molecule has 28 heavy (non-hydrogen) atoms. The lowest BCUT2D eigenvalue weighted by Gasteiger charge is -2.05. The average molecular weight is 412 g/mol. The molecule has 0 unspecified atom stereocenters. The van der Waals surface area contributed by atoms with Crippen molar-refractivity contribution in [3.63, 3.8) is 0 Å². The van der Waals surface area contributed by atoms with Gasteiger partial charge in [-0.2, -0.15) is 18.2 Å². The fraction of sp³-hybridized carbons (Fsp3) is 0.0588. The molecule has 2 aromatic heterocycles. The fourth-order valence-corrected chi connectivity index (χ4v) is 2.50. The second kappa shape index (κ2) is 7.31. The number of furan rings is 1. The van der Waals surface area contributed by atoms with Crippen molar-refractivity contribution in [2.45, 2.75) is 6.18 Å². The first-order valence-corrected chi connectivity index (χ1v) is 7.92. The summed E-state index contributed by atoms with van der Waals surface area (Å²) in [6.07, 6.45) is -2.25. The van der Waals surface area contributed by atoms with Crippen LogP contribution in [0.4, 0.5) is 18.9 Å². The van der Waals surface area contributed by atoms with Gasteiger partial charge in [0.05, 0.1) is 15.6 Å². The number of aromatic nitrogens is 2. The maximum absolute atomic E-state index is 12.7. The number of aromatic amines is 1. The summed E-state index contributed by atoms with van der Waals surface area (Å²) in [7, 11) is 0. The van der Waals surface area contributed by atoms with Gasteiger partial charge in [0.15, 0.2) is 0 Å². The lowest BCUT2D eigenvalue weighted by atomic mass is 10.1. The average Bonchev–Trinajstić information content (AvgIpc) is 3.07. The van der Waals surface area contributed by atoms with Crippen molar-refractivity contribution < 1.29 is 22.5 Å². The monoisotopic (exact) mass is 411 g/mol. The molecule has 0 saturated heterocycles. The standard InChI is InChI=1S/C17H9ClF3N3O4/c18-13-5-2-10(24(26)27)8-12(13)14-6-4-11(28-14)3-1-9-7-15(17(19,20)21)23-16(25)22-9/h1-8H,(H,22,23,25)/b3-1+. The van der Waals surface area contributed by atoms with E-state index in [4.69, 9.17) is 16.0 Å². The van der Waals surface area contributed by atoms with Crippen molar-refractivity contribution >= 4 is 29.4 Å². The summed E-state index contributed by atoms with van der Waals surface area (Å²) in [5.74, 6) is 0.441. The number of rotatable bonds is 4. The molecule has 0 atom stereocenters. The molecule has 0 aliphatic heterocycles. The summed E-state index contributed by atoms with van der Waals surface area (Å²) in [5.41, 5.74) is -2.49. The first-order chi connectivity index (χ1) is 13.1. The number of H-pyrrole nitrogens is 1. The van der Waals surface area contributed by atoms with Gasteiger partial charge >= 0.3 is 11.9 Å². The van der Waals surface area contributed by atoms with Crippen LogP contribution in [0.5, 0.6) is 0 Å². The SMILES string of the molecule is O=c1nc(/C=C/c2ccc(-c3cc([N+](=O)[O-])ccc3Cl)o2)cc(C(F)(F)F)[nH]1. The molecule has 0 saturated carbocycles. The Morgan fingerprint density at radius 2 is 1.93 bits per heavy atom. The van der Waals surface area contributed by atoms with E-state index in [1.165, 1.54) is 42.5 Å². The zero-order valence-corrected chi connectivity index (χ0v) is 14.4. The van der Waals surface area contributed by atoms with E-state index in [2.05, 4.69) is 4.98 Å². The minimum atomic E-state index is -4.72. The van der Waals surface area contributed by atoms with Gasteiger partial charge in [-0.3, -0.25) is 10.1 Å². The van der Waals surface area contributed by atoms with Gasteiger partial charge in [-0.15, -0.1) is 0 Å². The molecule has 1 N–H and O–H groups in total. The lowest BCUT2D eigenvalue weighted by molar-refractivity contribution is -0.384. The summed E-state index contributed by atoms with van der Waals surface area (Å²) in [5, 5.41) is 11.1. The summed E-state index contributed by atoms with van der Waals surface area (Å²) < 4.78 is 43.7. The molecule has 3 rings (SSSR count). The van der Waals surface area contributed by atoms with Crippen LogP contribution >= 0.6 is 11.6 Å². The van der Waals surface area contributed by atoms with Crippen LogP contribution in [-0.4, -0.2) is 14.9 Å². The predicted octanol–water partition coefficient (Wildman–Crippen LogP) is 4.78. The molecule has 0 aliphatic carbocycles. The van der Waals surface area contributed by atoms with Crippen molar-refractivity contribution in [2.24, 2.45) is 0 Å². The number of nitrogens with one attached hydrogen (secondary N) is 1. The highest BCUT2D eigenvalue weighted by molar-refractivity contribution is 6.33. The van der Waals surface area contributed by atoms with Gasteiger partial charge in [0, 0.05) is 17.7 Å². The van der Waals surface area contributed by atoms with Crippen molar-refractivity contribution in [1.29, 1.82) is 0 Å². The van der Waals surface area contributed by atoms with E-state index in [9.17, 15) is 28.1 Å². The van der Waals surface area contributed by atoms with Gasteiger partial charge in [0.1, 0.15) is 17.2 Å². The third kappa shape index (κ3) is 4.29. The fourth-order valence-electron chi connectivity index (χ4n) is 2.29. The molecule has 0 radical (unpaired) electrons. The van der Waals surface area contributed by atoms with Crippen molar-refractivity contribution in [3.05, 3.63) is 79.2 Å². The number of halogens is 4. The van der Waals surface area contributed by atoms with Gasteiger partial charge in [0.2, 0.25) is 0 Å². The van der Waals surface area contributed by atoms with Crippen molar-refractivity contribution in [2.75, 3.05) is 0 Å². The molecule has 3 aromatic rings. The molecule has 11 heteroatoms. The molecule has 0 aliphatic rings. The Morgan fingerprint density at radius 1 is 1.18 bits per heavy atom. The third-order valence-corrected chi connectivity index (χ3v) is 3.87. The third-order valence-electron chi connectivity index (χ3n) is 3.54. The zero-order chi connectivity index (χ0) is 20.5. The lowest BCUT2D eigenvalue weighted by Crippen LogP contribution is -2.19. The highest BCUT2D eigenvalue weighted by Gasteiger charge is 2.32. The van der Waals surface area contributed by atoms with Crippen molar-refractivity contribution in [3.8, 4) is 11.3 Å². The van der Waals surface area contributed by atoms with E-state index in [0.717, 1.165) is 0 Å². The summed E-state index contributed by atoms with van der Waals surface area (Å²) in [6, 6.07) is 7.50. The van der Waals surface area contributed by atoms with E-state index in [1.807, 2.05) is 0 Å². The molecule has 1 aromatic carbocycles. The normalized spacial score (nSPS) is 11.9. The minimum Gasteiger partial charge on any atom is -0.457 e. The number of hydrogen-bond acceptors (Lipinski definition) is 5.